The van der Waals surface area contributed by atoms with E-state index in [1.54, 1.807) is 6.92 Å². The Morgan fingerprint density at radius 2 is 1.37 bits per heavy atom. The van der Waals surface area contributed by atoms with Gasteiger partial charge in [-0.25, -0.2) is 0 Å². The Bertz CT molecular complexity index is 463. The van der Waals surface area contributed by atoms with Crippen molar-refractivity contribution in [2.75, 3.05) is 6.61 Å². The highest BCUT2D eigenvalue weighted by Crippen LogP contribution is 2.15. The van der Waals surface area contributed by atoms with Crippen LogP contribution in [0.25, 0.3) is 0 Å². The van der Waals surface area contributed by atoms with Crippen LogP contribution in [0.2, 0.25) is 0 Å². The zero-order valence-electron chi connectivity index (χ0n) is 17.2. The fourth-order valence-corrected chi connectivity index (χ4v) is 2.73. The minimum atomic E-state index is -1.08. The van der Waals surface area contributed by atoms with Crippen LogP contribution in [-0.4, -0.2) is 23.7 Å². The summed E-state index contributed by atoms with van der Waals surface area (Å²) >= 11 is 0. The van der Waals surface area contributed by atoms with Crippen LogP contribution in [0.4, 0.5) is 0 Å². The van der Waals surface area contributed by atoms with Crippen molar-refractivity contribution >= 4 is 11.9 Å². The van der Waals surface area contributed by atoms with Crippen molar-refractivity contribution in [3.8, 4) is 0 Å². The number of carbonyl (C=O) groups is 2. The number of rotatable bonds is 17. The molecular formula is C23H38O4. The van der Waals surface area contributed by atoms with Gasteiger partial charge in [0.1, 0.15) is 0 Å². The maximum Gasteiger partial charge on any atom is 0.320 e. The first-order chi connectivity index (χ1) is 13.1. The number of aliphatic carboxylic acids is 1. The van der Waals surface area contributed by atoms with Crippen LogP contribution in [0, 0.1) is 5.92 Å². The Kier molecular flexibility index (Phi) is 17.6. The third-order valence-electron chi connectivity index (χ3n) is 4.26. The second-order valence-electron chi connectivity index (χ2n) is 6.64. The van der Waals surface area contributed by atoms with Crippen molar-refractivity contribution in [2.45, 2.75) is 84.5 Å². The first kappa shape index (κ1) is 25.2. The third-order valence-corrected chi connectivity index (χ3v) is 4.26. The molecule has 0 spiro atoms. The zero-order valence-corrected chi connectivity index (χ0v) is 17.2. The van der Waals surface area contributed by atoms with E-state index in [0.717, 1.165) is 51.4 Å². The quantitative estimate of drug-likeness (QED) is 0.141. The van der Waals surface area contributed by atoms with E-state index in [9.17, 15) is 9.59 Å². The lowest BCUT2D eigenvalue weighted by Gasteiger charge is -2.10. The molecule has 0 saturated carbocycles. The molecule has 4 nitrogen and oxygen atoms in total. The summed E-state index contributed by atoms with van der Waals surface area (Å²) in [6.45, 7) is 4.06. The van der Waals surface area contributed by atoms with Gasteiger partial charge in [-0.3, -0.25) is 9.59 Å². The standard InChI is InChI=1S/C23H38O4/c1-3-5-6-7-8-9-10-11-12-13-14-15-16-17-18-19-20-21(22(24)25)23(26)27-4-2/h5-6,8-9,11-12,21H,3-4,7,10,13-20H2,1-2H3,(H,24,25). The molecule has 0 aliphatic heterocycles. The summed E-state index contributed by atoms with van der Waals surface area (Å²) in [5, 5.41) is 9.08. The van der Waals surface area contributed by atoms with Gasteiger partial charge in [0.25, 0.3) is 0 Å². The number of hydrogen-bond acceptors (Lipinski definition) is 3. The van der Waals surface area contributed by atoms with Crippen LogP contribution in [-0.2, 0) is 14.3 Å². The lowest BCUT2D eigenvalue weighted by molar-refractivity contribution is -0.158. The monoisotopic (exact) mass is 378 g/mol. The summed E-state index contributed by atoms with van der Waals surface area (Å²) < 4.78 is 4.81. The number of carbonyl (C=O) groups excluding carboxylic acids is 1. The van der Waals surface area contributed by atoms with Crippen molar-refractivity contribution in [1.29, 1.82) is 0 Å². The van der Waals surface area contributed by atoms with E-state index < -0.39 is 17.9 Å². The number of carboxylic acid groups (broad SMARTS) is 1. The molecule has 0 aliphatic carbocycles. The second kappa shape index (κ2) is 18.9. The first-order valence-corrected chi connectivity index (χ1v) is 10.5. The fraction of sp³-hybridized carbons (Fsp3) is 0.652. The van der Waals surface area contributed by atoms with Gasteiger partial charge in [0.05, 0.1) is 6.61 Å². The van der Waals surface area contributed by atoms with Crippen LogP contribution in [0.3, 0.4) is 0 Å². The minimum Gasteiger partial charge on any atom is -0.481 e. The van der Waals surface area contributed by atoms with Gasteiger partial charge >= 0.3 is 11.9 Å². The first-order valence-electron chi connectivity index (χ1n) is 10.5. The summed E-state index contributed by atoms with van der Waals surface area (Å²) in [5.74, 6) is -2.69. The molecule has 0 bridgehead atoms. The highest BCUT2D eigenvalue weighted by atomic mass is 16.5. The van der Waals surface area contributed by atoms with Gasteiger partial charge in [0, 0.05) is 0 Å². The predicted octanol–water partition coefficient (Wildman–Crippen LogP) is 6.23. The van der Waals surface area contributed by atoms with E-state index in [2.05, 4.69) is 43.4 Å². The zero-order chi connectivity index (χ0) is 20.2. The molecule has 0 aromatic rings. The lowest BCUT2D eigenvalue weighted by atomic mass is 10.00. The summed E-state index contributed by atoms with van der Waals surface area (Å²) in [7, 11) is 0. The molecular weight excluding hydrogens is 340 g/mol. The number of esters is 1. The molecule has 0 fully saturated rings. The normalized spacial score (nSPS) is 13.0. The Morgan fingerprint density at radius 1 is 0.815 bits per heavy atom. The molecule has 1 unspecified atom stereocenters. The Labute approximate surface area is 165 Å². The fourth-order valence-electron chi connectivity index (χ4n) is 2.73. The number of allylic oxidation sites excluding steroid dienone is 6. The van der Waals surface area contributed by atoms with Gasteiger partial charge in [0.15, 0.2) is 5.92 Å². The van der Waals surface area contributed by atoms with Gasteiger partial charge < -0.3 is 9.84 Å². The van der Waals surface area contributed by atoms with Crippen LogP contribution in [0.5, 0.6) is 0 Å². The molecule has 0 aliphatic rings. The number of unbranched alkanes of at least 4 members (excludes halogenated alkanes) is 6. The van der Waals surface area contributed by atoms with Crippen molar-refractivity contribution in [3.05, 3.63) is 36.5 Å². The molecule has 0 radical (unpaired) electrons. The number of ether oxygens (including phenoxy) is 1. The Hall–Kier alpha value is -1.84. The summed E-state index contributed by atoms with van der Waals surface area (Å²) in [6, 6.07) is 0. The van der Waals surface area contributed by atoms with Gasteiger partial charge in [-0.15, -0.1) is 0 Å². The molecule has 0 aromatic carbocycles. The topological polar surface area (TPSA) is 63.6 Å². The van der Waals surface area contributed by atoms with Gasteiger partial charge in [0.2, 0.25) is 0 Å². The maximum atomic E-state index is 11.6. The smallest absolute Gasteiger partial charge is 0.320 e. The molecule has 1 atom stereocenters. The van der Waals surface area contributed by atoms with Crippen LogP contribution >= 0.6 is 0 Å². The third kappa shape index (κ3) is 16.1. The predicted molar refractivity (Wildman–Crippen MR) is 112 cm³/mol. The van der Waals surface area contributed by atoms with Crippen molar-refractivity contribution < 1.29 is 19.4 Å². The van der Waals surface area contributed by atoms with Crippen molar-refractivity contribution in [1.82, 2.24) is 0 Å². The van der Waals surface area contributed by atoms with Crippen LogP contribution in [0.15, 0.2) is 36.5 Å². The van der Waals surface area contributed by atoms with Gasteiger partial charge in [-0.05, 0) is 45.4 Å². The van der Waals surface area contributed by atoms with E-state index in [-0.39, 0.29) is 6.61 Å². The summed E-state index contributed by atoms with van der Waals surface area (Å²) in [6.07, 6.45) is 24.3. The van der Waals surface area contributed by atoms with Crippen LogP contribution in [0.1, 0.15) is 84.5 Å². The minimum absolute atomic E-state index is 0.226. The van der Waals surface area contributed by atoms with Crippen molar-refractivity contribution in [3.63, 3.8) is 0 Å². The highest BCUT2D eigenvalue weighted by molar-refractivity contribution is 5.93. The Morgan fingerprint density at radius 3 is 1.96 bits per heavy atom. The highest BCUT2D eigenvalue weighted by Gasteiger charge is 2.26. The van der Waals surface area contributed by atoms with E-state index in [1.165, 1.54) is 12.8 Å². The van der Waals surface area contributed by atoms with E-state index in [1.807, 2.05) is 0 Å². The molecule has 0 heterocycles. The lowest BCUT2D eigenvalue weighted by Crippen LogP contribution is -2.25. The summed E-state index contributed by atoms with van der Waals surface area (Å²) in [4.78, 5) is 22.7. The Balaban J connectivity index is 3.56. The molecule has 1 N–H and O–H groups in total. The number of carboxylic acids is 1. The maximum absolute atomic E-state index is 11.6. The SMILES string of the molecule is CCC=CCC=CCC=CCCCCCCCCC(C(=O)O)C(=O)OCC. The molecule has 0 rings (SSSR count). The molecule has 0 aromatic heterocycles. The molecule has 27 heavy (non-hydrogen) atoms. The van der Waals surface area contributed by atoms with Gasteiger partial charge in [-0.1, -0.05) is 75.5 Å². The van der Waals surface area contributed by atoms with Gasteiger partial charge in [-0.2, -0.15) is 0 Å². The largest absolute Gasteiger partial charge is 0.481 e. The van der Waals surface area contributed by atoms with E-state index >= 15 is 0 Å². The average molecular weight is 379 g/mol. The number of hydrogen-bond donors (Lipinski definition) is 1. The molecule has 0 saturated heterocycles. The second-order valence-corrected chi connectivity index (χ2v) is 6.64. The van der Waals surface area contributed by atoms with Crippen molar-refractivity contribution in [2.24, 2.45) is 5.92 Å². The summed E-state index contributed by atoms with van der Waals surface area (Å²) in [5.41, 5.74) is 0. The molecule has 154 valence electrons. The van der Waals surface area contributed by atoms with E-state index in [0.29, 0.717) is 6.42 Å². The van der Waals surface area contributed by atoms with E-state index in [4.69, 9.17) is 9.84 Å². The molecule has 4 heteroatoms. The molecule has 0 amide bonds. The average Bonchev–Trinajstić information content (AvgIpc) is 2.64. The van der Waals surface area contributed by atoms with Crippen LogP contribution < -0.4 is 0 Å².